The van der Waals surface area contributed by atoms with Crippen LogP contribution in [0.3, 0.4) is 0 Å². The van der Waals surface area contributed by atoms with Crippen LogP contribution in [-0.4, -0.2) is 0 Å². The molecule has 0 fully saturated rings. The van der Waals surface area contributed by atoms with Crippen molar-refractivity contribution in [1.29, 1.82) is 0 Å². The monoisotopic (exact) mass is 238 g/mol. The number of rotatable bonds is 4. The summed E-state index contributed by atoms with van der Waals surface area (Å²) >= 11 is 0. The normalized spacial score (nSPS) is 22.2. The molecule has 94 valence electrons. The zero-order valence-corrected chi connectivity index (χ0v) is 11.7. The Bertz CT molecular complexity index is 517. The highest BCUT2D eigenvalue weighted by atomic mass is 14.5. The van der Waals surface area contributed by atoms with Crippen molar-refractivity contribution in [3.05, 3.63) is 66.3 Å². The summed E-state index contributed by atoms with van der Waals surface area (Å²) in [6.45, 7) is 14.9. The van der Waals surface area contributed by atoms with Crippen LogP contribution >= 0.6 is 0 Å². The van der Waals surface area contributed by atoms with Gasteiger partial charge in [-0.15, -0.1) is 0 Å². The van der Waals surface area contributed by atoms with Gasteiger partial charge in [-0.2, -0.15) is 0 Å². The van der Waals surface area contributed by atoms with Crippen LogP contribution < -0.4 is 0 Å². The van der Waals surface area contributed by atoms with Gasteiger partial charge in [0, 0.05) is 5.41 Å². The summed E-state index contributed by atoms with van der Waals surface area (Å²) in [5.41, 5.74) is 5.47. The third kappa shape index (κ3) is 1.45. The third-order valence-corrected chi connectivity index (χ3v) is 4.42. The summed E-state index contributed by atoms with van der Waals surface area (Å²) in [6.07, 6.45) is 5.11. The van der Waals surface area contributed by atoms with Crippen LogP contribution in [0.4, 0.5) is 0 Å². The van der Waals surface area contributed by atoms with Gasteiger partial charge in [-0.3, -0.25) is 0 Å². The number of hydrogen-bond acceptors (Lipinski definition) is 0. The molecule has 0 N–H and O–H groups in total. The molecular weight excluding hydrogens is 216 g/mol. The molecule has 0 heterocycles. The van der Waals surface area contributed by atoms with Crippen LogP contribution in [-0.2, 0) is 5.41 Å². The van der Waals surface area contributed by atoms with Gasteiger partial charge in [0.25, 0.3) is 0 Å². The molecule has 0 radical (unpaired) electrons. The Hall–Kier alpha value is -1.56. The van der Waals surface area contributed by atoms with Gasteiger partial charge in [0.05, 0.1) is 0 Å². The zero-order valence-electron chi connectivity index (χ0n) is 11.7. The summed E-state index contributed by atoms with van der Waals surface area (Å²) in [5, 5.41) is 0. The smallest absolute Gasteiger partial charge is 0.0235 e. The minimum absolute atomic E-state index is 0.0991. The highest BCUT2D eigenvalue weighted by molar-refractivity contribution is 5.87. The quantitative estimate of drug-likeness (QED) is 0.682. The Balaban J connectivity index is 2.84. The SMILES string of the molecule is C=CC1=C(C=C)C(CC)(C(C)C)c2ccccc21. The molecule has 1 unspecified atom stereocenters. The van der Waals surface area contributed by atoms with Crippen molar-refractivity contribution in [2.45, 2.75) is 32.6 Å². The lowest BCUT2D eigenvalue weighted by atomic mass is 9.67. The Morgan fingerprint density at radius 1 is 1.17 bits per heavy atom. The third-order valence-electron chi connectivity index (χ3n) is 4.42. The van der Waals surface area contributed by atoms with Crippen molar-refractivity contribution >= 4 is 5.57 Å². The first kappa shape index (κ1) is 12.9. The van der Waals surface area contributed by atoms with Crippen molar-refractivity contribution in [2.24, 2.45) is 5.92 Å². The van der Waals surface area contributed by atoms with E-state index in [2.05, 4.69) is 58.2 Å². The second-order valence-corrected chi connectivity index (χ2v) is 5.26. The molecule has 0 bridgehead atoms. The molecule has 0 aromatic heterocycles. The molecule has 0 aliphatic heterocycles. The van der Waals surface area contributed by atoms with Gasteiger partial charge < -0.3 is 0 Å². The standard InChI is InChI=1S/C18H22/c1-6-14-15-11-9-10-12-17(15)18(8-3,13(4)5)16(14)7-2/h6-7,9-13H,1-2,8H2,3-5H3. The Kier molecular flexibility index (Phi) is 3.30. The van der Waals surface area contributed by atoms with Crippen LogP contribution in [0.2, 0.25) is 0 Å². The molecule has 0 saturated carbocycles. The summed E-state index contributed by atoms with van der Waals surface area (Å²) < 4.78 is 0. The Morgan fingerprint density at radius 3 is 2.33 bits per heavy atom. The molecule has 0 saturated heterocycles. The van der Waals surface area contributed by atoms with E-state index in [0.29, 0.717) is 5.92 Å². The van der Waals surface area contributed by atoms with E-state index in [-0.39, 0.29) is 5.41 Å². The van der Waals surface area contributed by atoms with E-state index in [0.717, 1.165) is 6.42 Å². The van der Waals surface area contributed by atoms with E-state index >= 15 is 0 Å². The molecule has 18 heavy (non-hydrogen) atoms. The lowest BCUT2D eigenvalue weighted by molar-refractivity contribution is 0.364. The van der Waals surface area contributed by atoms with Crippen molar-refractivity contribution in [3.8, 4) is 0 Å². The molecule has 1 aliphatic carbocycles. The molecule has 2 rings (SSSR count). The maximum absolute atomic E-state index is 4.04. The van der Waals surface area contributed by atoms with E-state index in [1.54, 1.807) is 0 Å². The zero-order chi connectivity index (χ0) is 13.3. The number of fused-ring (bicyclic) bond motifs is 1. The molecule has 0 heteroatoms. The second kappa shape index (κ2) is 4.61. The number of benzene rings is 1. The predicted octanol–water partition coefficient (Wildman–Crippen LogP) is 5.13. The first-order chi connectivity index (χ1) is 8.63. The topological polar surface area (TPSA) is 0 Å². The van der Waals surface area contributed by atoms with Crippen LogP contribution in [0.25, 0.3) is 5.57 Å². The molecule has 0 amide bonds. The summed E-state index contributed by atoms with van der Waals surface area (Å²) in [7, 11) is 0. The van der Waals surface area contributed by atoms with Crippen molar-refractivity contribution in [1.82, 2.24) is 0 Å². The lowest BCUT2D eigenvalue weighted by Crippen LogP contribution is -2.31. The van der Waals surface area contributed by atoms with Crippen LogP contribution in [0.1, 0.15) is 38.3 Å². The maximum atomic E-state index is 4.04. The van der Waals surface area contributed by atoms with Crippen LogP contribution in [0, 0.1) is 5.92 Å². The van der Waals surface area contributed by atoms with Crippen molar-refractivity contribution in [2.75, 3.05) is 0 Å². The van der Waals surface area contributed by atoms with Crippen LogP contribution in [0.5, 0.6) is 0 Å². The van der Waals surface area contributed by atoms with E-state index in [1.807, 2.05) is 12.2 Å². The van der Waals surface area contributed by atoms with E-state index in [4.69, 9.17) is 0 Å². The second-order valence-electron chi connectivity index (χ2n) is 5.26. The van der Waals surface area contributed by atoms with Gasteiger partial charge in [-0.05, 0) is 34.6 Å². The first-order valence-electron chi connectivity index (χ1n) is 6.73. The summed E-state index contributed by atoms with van der Waals surface area (Å²) in [4.78, 5) is 0. The van der Waals surface area contributed by atoms with Gasteiger partial charge in [-0.25, -0.2) is 0 Å². The molecular formula is C18H22. The Labute approximate surface area is 111 Å². The highest BCUT2D eigenvalue weighted by Gasteiger charge is 2.43. The minimum Gasteiger partial charge on any atom is -0.0987 e. The molecule has 1 aromatic carbocycles. The fourth-order valence-electron chi connectivity index (χ4n) is 3.56. The van der Waals surface area contributed by atoms with Gasteiger partial charge in [0.15, 0.2) is 0 Å². The highest BCUT2D eigenvalue weighted by Crippen LogP contribution is 2.53. The van der Waals surface area contributed by atoms with Gasteiger partial charge in [-0.1, -0.05) is 70.3 Å². The Morgan fingerprint density at radius 2 is 1.83 bits per heavy atom. The lowest BCUT2D eigenvalue weighted by Gasteiger charge is -2.36. The van der Waals surface area contributed by atoms with E-state index < -0.39 is 0 Å². The van der Waals surface area contributed by atoms with Gasteiger partial charge in [0.1, 0.15) is 0 Å². The summed E-state index contributed by atoms with van der Waals surface area (Å²) in [5.74, 6) is 0.550. The van der Waals surface area contributed by atoms with Crippen molar-refractivity contribution < 1.29 is 0 Å². The summed E-state index contributed by atoms with van der Waals surface area (Å²) in [6, 6.07) is 8.71. The van der Waals surface area contributed by atoms with Crippen LogP contribution in [0.15, 0.2) is 55.1 Å². The fourth-order valence-corrected chi connectivity index (χ4v) is 3.56. The number of hydrogen-bond donors (Lipinski definition) is 0. The number of allylic oxidation sites excluding steroid dienone is 4. The predicted molar refractivity (Wildman–Crippen MR) is 80.6 cm³/mol. The molecule has 1 aliphatic rings. The minimum atomic E-state index is 0.0991. The van der Waals surface area contributed by atoms with Gasteiger partial charge >= 0.3 is 0 Å². The van der Waals surface area contributed by atoms with Gasteiger partial charge in [0.2, 0.25) is 0 Å². The fraction of sp³-hybridized carbons (Fsp3) is 0.333. The molecule has 0 nitrogen and oxygen atoms in total. The van der Waals surface area contributed by atoms with E-state index in [9.17, 15) is 0 Å². The van der Waals surface area contributed by atoms with Crippen molar-refractivity contribution in [3.63, 3.8) is 0 Å². The average molecular weight is 238 g/mol. The molecule has 1 atom stereocenters. The first-order valence-corrected chi connectivity index (χ1v) is 6.73. The largest absolute Gasteiger partial charge is 0.0987 e. The molecule has 1 aromatic rings. The average Bonchev–Trinajstić information content (AvgIpc) is 2.68. The maximum Gasteiger partial charge on any atom is 0.0235 e. The molecule has 0 spiro atoms. The van der Waals surface area contributed by atoms with E-state index in [1.165, 1.54) is 22.3 Å².